The Balaban J connectivity index is 1.20. The quantitative estimate of drug-likeness (QED) is 0.147. The first kappa shape index (κ1) is 29.4. The van der Waals surface area contributed by atoms with Crippen LogP contribution in [0.1, 0.15) is 11.1 Å². The van der Waals surface area contributed by atoms with E-state index >= 15 is 0 Å². The molecule has 1 aliphatic rings. The third kappa shape index (κ3) is 7.21. The number of ether oxygens (including phenoxy) is 1. The first-order valence-electron chi connectivity index (χ1n) is 12.1. The lowest BCUT2D eigenvalue weighted by Crippen LogP contribution is -2.31. The van der Waals surface area contributed by atoms with Gasteiger partial charge in [0.1, 0.15) is 12.1 Å². The van der Waals surface area contributed by atoms with Crippen molar-refractivity contribution in [3.05, 3.63) is 88.7 Å². The van der Waals surface area contributed by atoms with Crippen molar-refractivity contribution >= 4 is 68.0 Å². The summed E-state index contributed by atoms with van der Waals surface area (Å²) in [6.07, 6.45) is -1.73. The number of alkyl halides is 3. The third-order valence-electron chi connectivity index (χ3n) is 5.67. The Labute approximate surface area is 255 Å². The van der Waals surface area contributed by atoms with Crippen LogP contribution in [0, 0.1) is 6.92 Å². The van der Waals surface area contributed by atoms with Crippen molar-refractivity contribution in [3.63, 3.8) is 0 Å². The highest BCUT2D eigenvalue weighted by atomic mass is 79.9. The molecular formula is C27H19BrF3N7O2S2. The highest BCUT2D eigenvalue weighted by Crippen LogP contribution is 2.33. The fourth-order valence-corrected chi connectivity index (χ4v) is 5.28. The highest BCUT2D eigenvalue weighted by Gasteiger charge is 2.32. The normalized spacial score (nSPS) is 14.6. The van der Waals surface area contributed by atoms with Crippen LogP contribution in [0.3, 0.4) is 0 Å². The number of carbonyl (C=O) groups is 1. The number of hydrazone groups is 1. The minimum absolute atomic E-state index is 0.0933. The fourth-order valence-electron chi connectivity index (χ4n) is 3.79. The van der Waals surface area contributed by atoms with Crippen LogP contribution in [0.25, 0.3) is 17.1 Å². The van der Waals surface area contributed by atoms with Gasteiger partial charge in [-0.05, 0) is 82.6 Å². The number of benzene rings is 3. The van der Waals surface area contributed by atoms with Crippen LogP contribution < -0.4 is 15.1 Å². The number of aryl methyl sites for hydroxylation is 1. The molecule has 2 heterocycles. The predicted octanol–water partition coefficient (Wildman–Crippen LogP) is 6.25. The number of halogens is 4. The van der Waals surface area contributed by atoms with Gasteiger partial charge < -0.3 is 4.74 Å². The molecule has 1 N–H and O–H groups in total. The molecule has 42 heavy (non-hydrogen) atoms. The molecule has 1 amide bonds. The maximum Gasteiger partial charge on any atom is 0.573 e. The Morgan fingerprint density at radius 3 is 2.60 bits per heavy atom. The Hall–Kier alpha value is -4.08. The summed E-state index contributed by atoms with van der Waals surface area (Å²) in [7, 11) is 0. The number of amidine groups is 1. The lowest BCUT2D eigenvalue weighted by Gasteiger charge is -2.18. The molecule has 0 spiro atoms. The monoisotopic (exact) mass is 673 g/mol. The van der Waals surface area contributed by atoms with Gasteiger partial charge in [0.05, 0.1) is 23.3 Å². The summed E-state index contributed by atoms with van der Waals surface area (Å²) in [6.45, 7) is 1.94. The van der Waals surface area contributed by atoms with Crippen molar-refractivity contribution in [2.75, 3.05) is 10.7 Å². The number of anilines is 1. The van der Waals surface area contributed by atoms with E-state index in [4.69, 9.17) is 12.2 Å². The number of thiocarbonyl (C=S) groups is 1. The SMILES string of the molecule is Cc1ccc(Br)c(N2C(=O)CS/C2=N\C(=S)N/N=C/c2ccc(-c3ncn(-c4ccc(OC(F)(F)F)cc4)n3)cc2)c1. The topological polar surface area (TPSA) is 97.0 Å². The van der Waals surface area contributed by atoms with E-state index in [-0.39, 0.29) is 22.5 Å². The summed E-state index contributed by atoms with van der Waals surface area (Å²) < 4.78 is 43.2. The first-order valence-corrected chi connectivity index (χ1v) is 14.3. The van der Waals surface area contributed by atoms with E-state index in [2.05, 4.69) is 46.3 Å². The van der Waals surface area contributed by atoms with Gasteiger partial charge in [0.25, 0.3) is 0 Å². The summed E-state index contributed by atoms with van der Waals surface area (Å²) in [5, 5.41) is 9.10. The molecule has 0 unspecified atom stereocenters. The second-order valence-corrected chi connectivity index (χ2v) is 10.9. The number of aliphatic imine (C=N–C) groups is 1. The molecule has 0 atom stereocenters. The van der Waals surface area contributed by atoms with Crippen LogP contribution in [0.2, 0.25) is 0 Å². The van der Waals surface area contributed by atoms with Crippen LogP contribution in [0.15, 0.2) is 87.6 Å². The number of amides is 1. The number of rotatable bonds is 6. The smallest absolute Gasteiger partial charge is 0.406 e. The molecular weight excluding hydrogens is 655 g/mol. The van der Waals surface area contributed by atoms with Crippen LogP contribution >= 0.6 is 39.9 Å². The zero-order chi connectivity index (χ0) is 29.9. The number of thioether (sulfide) groups is 1. The molecule has 0 saturated carbocycles. The maximum absolute atomic E-state index is 12.5. The van der Waals surface area contributed by atoms with Crippen molar-refractivity contribution in [2.24, 2.45) is 10.1 Å². The lowest BCUT2D eigenvalue weighted by atomic mass is 10.1. The number of hydrogen-bond acceptors (Lipinski definition) is 7. The van der Waals surface area contributed by atoms with Crippen molar-refractivity contribution in [1.82, 2.24) is 20.2 Å². The van der Waals surface area contributed by atoms with Crippen molar-refractivity contribution in [2.45, 2.75) is 13.3 Å². The van der Waals surface area contributed by atoms with Gasteiger partial charge in [-0.15, -0.1) is 18.3 Å². The van der Waals surface area contributed by atoms with E-state index in [0.29, 0.717) is 22.4 Å². The summed E-state index contributed by atoms with van der Waals surface area (Å²) in [5.41, 5.74) is 6.42. The molecule has 5 rings (SSSR count). The predicted molar refractivity (Wildman–Crippen MR) is 163 cm³/mol. The van der Waals surface area contributed by atoms with Crippen LogP contribution in [-0.2, 0) is 4.79 Å². The van der Waals surface area contributed by atoms with E-state index in [0.717, 1.165) is 21.2 Å². The number of aromatic nitrogens is 3. The number of nitrogens with one attached hydrogen (secondary N) is 1. The zero-order valence-electron chi connectivity index (χ0n) is 21.5. The van der Waals surface area contributed by atoms with Crippen molar-refractivity contribution in [1.29, 1.82) is 0 Å². The summed E-state index contributed by atoms with van der Waals surface area (Å²) in [4.78, 5) is 22.7. The standard InChI is InChI=1S/C27H19BrF3N7O2S2/c1-16-2-11-21(28)22(12-16)38-23(39)14-42-26(38)34-25(41)35-33-13-17-3-5-18(6-4-17)24-32-15-37(36-24)19-7-9-20(10-8-19)40-27(29,30)31/h2-13,15H,14H2,1H3,(H,35,41)/b33-13+,34-26-. The Kier molecular flexibility index (Phi) is 8.70. The number of carbonyl (C=O) groups excluding carboxylic acids is 1. The average molecular weight is 675 g/mol. The average Bonchev–Trinajstić information content (AvgIpc) is 3.57. The molecule has 1 aliphatic heterocycles. The first-order chi connectivity index (χ1) is 20.1. The molecule has 1 fully saturated rings. The van der Waals surface area contributed by atoms with Crippen molar-refractivity contribution < 1.29 is 22.7 Å². The largest absolute Gasteiger partial charge is 0.573 e. The lowest BCUT2D eigenvalue weighted by molar-refractivity contribution is -0.274. The molecule has 214 valence electrons. The van der Waals surface area contributed by atoms with Gasteiger partial charge in [-0.1, -0.05) is 42.1 Å². The van der Waals surface area contributed by atoms with Gasteiger partial charge >= 0.3 is 6.36 Å². The van der Waals surface area contributed by atoms with Crippen LogP contribution in [0.4, 0.5) is 18.9 Å². The summed E-state index contributed by atoms with van der Waals surface area (Å²) >= 11 is 10.1. The minimum Gasteiger partial charge on any atom is -0.406 e. The third-order valence-corrected chi connectivity index (χ3v) is 7.45. The minimum atomic E-state index is -4.76. The van der Waals surface area contributed by atoms with Crippen molar-refractivity contribution in [3.8, 4) is 22.8 Å². The molecule has 15 heteroatoms. The van der Waals surface area contributed by atoms with E-state index in [1.54, 1.807) is 18.3 Å². The van der Waals surface area contributed by atoms with E-state index in [1.807, 2.05) is 37.3 Å². The molecule has 0 aliphatic carbocycles. The van der Waals surface area contributed by atoms with Gasteiger partial charge in [-0.2, -0.15) is 10.1 Å². The molecule has 1 aromatic heterocycles. The molecule has 0 bridgehead atoms. The van der Waals surface area contributed by atoms with E-state index in [9.17, 15) is 18.0 Å². The summed E-state index contributed by atoms with van der Waals surface area (Å²) in [6, 6.07) is 18.2. The molecule has 3 aromatic carbocycles. The van der Waals surface area contributed by atoms with E-state index in [1.165, 1.54) is 51.9 Å². The van der Waals surface area contributed by atoms with E-state index < -0.39 is 6.36 Å². The van der Waals surface area contributed by atoms with Gasteiger partial charge in [0, 0.05) is 10.0 Å². The van der Waals surface area contributed by atoms with Gasteiger partial charge in [-0.25, -0.2) is 9.67 Å². The van der Waals surface area contributed by atoms with Crippen LogP contribution in [0.5, 0.6) is 5.75 Å². The van der Waals surface area contributed by atoms with Gasteiger partial charge in [-0.3, -0.25) is 15.1 Å². The Morgan fingerprint density at radius 1 is 1.14 bits per heavy atom. The molecule has 1 saturated heterocycles. The zero-order valence-corrected chi connectivity index (χ0v) is 24.8. The Morgan fingerprint density at radius 2 is 1.88 bits per heavy atom. The van der Waals surface area contributed by atoms with Gasteiger partial charge in [0.2, 0.25) is 11.0 Å². The second-order valence-electron chi connectivity index (χ2n) is 8.72. The van der Waals surface area contributed by atoms with Crippen LogP contribution in [-0.4, -0.2) is 49.3 Å². The summed E-state index contributed by atoms with van der Waals surface area (Å²) in [5.74, 6) is 0.270. The second kappa shape index (κ2) is 12.4. The number of nitrogens with zero attached hydrogens (tertiary/aromatic N) is 6. The maximum atomic E-state index is 12.5. The Bertz CT molecular complexity index is 1690. The van der Waals surface area contributed by atoms with Gasteiger partial charge in [0.15, 0.2) is 11.0 Å². The highest BCUT2D eigenvalue weighted by molar-refractivity contribution is 9.10. The molecule has 9 nitrogen and oxygen atoms in total. The molecule has 4 aromatic rings. The number of hydrogen-bond donors (Lipinski definition) is 1. The fraction of sp³-hybridized carbons (Fsp3) is 0.111. The molecule has 0 radical (unpaired) electrons.